The van der Waals surface area contributed by atoms with Crippen molar-refractivity contribution in [1.82, 2.24) is 35.4 Å². The Hall–Kier alpha value is -2.69. The van der Waals surface area contributed by atoms with Gasteiger partial charge in [0.2, 0.25) is 11.8 Å². The Bertz CT molecular complexity index is 1140. The summed E-state index contributed by atoms with van der Waals surface area (Å²) >= 11 is 0. The quantitative estimate of drug-likeness (QED) is 0.239. The van der Waals surface area contributed by atoms with Crippen LogP contribution in [0.15, 0.2) is 6.20 Å². The third-order valence-electron chi connectivity index (χ3n) is 8.68. The summed E-state index contributed by atoms with van der Waals surface area (Å²) in [5.41, 5.74) is 0.476. The monoisotopic (exact) mass is 593 g/mol. The Kier molecular flexibility index (Phi) is 9.16. The highest BCUT2D eigenvalue weighted by molar-refractivity contribution is 5.92. The van der Waals surface area contributed by atoms with Crippen molar-refractivity contribution in [1.29, 1.82) is 0 Å². The van der Waals surface area contributed by atoms with Gasteiger partial charge < -0.3 is 45.2 Å². The van der Waals surface area contributed by atoms with Crippen LogP contribution in [0.1, 0.15) is 51.8 Å². The van der Waals surface area contributed by atoms with E-state index < -0.39 is 60.3 Å². The predicted molar refractivity (Wildman–Crippen MR) is 146 cm³/mol. The molecular formula is C27H43N7O8. The molecule has 7 atom stereocenters. The molecule has 0 spiro atoms. The van der Waals surface area contributed by atoms with Crippen molar-refractivity contribution in [2.24, 2.45) is 0 Å². The van der Waals surface area contributed by atoms with E-state index in [1.807, 2.05) is 20.8 Å². The van der Waals surface area contributed by atoms with E-state index in [2.05, 4.69) is 20.9 Å². The molecule has 0 aliphatic carbocycles. The molecule has 0 radical (unpaired) electrons. The van der Waals surface area contributed by atoms with Crippen LogP contribution in [0.5, 0.6) is 0 Å². The van der Waals surface area contributed by atoms with Gasteiger partial charge in [-0.25, -0.2) is 4.68 Å². The zero-order chi connectivity index (χ0) is 30.2. The molecule has 4 saturated heterocycles. The first kappa shape index (κ1) is 30.8. The van der Waals surface area contributed by atoms with Gasteiger partial charge in [0.05, 0.1) is 18.3 Å². The van der Waals surface area contributed by atoms with E-state index in [1.165, 1.54) is 9.80 Å². The zero-order valence-corrected chi connectivity index (χ0v) is 24.4. The van der Waals surface area contributed by atoms with Crippen molar-refractivity contribution in [3.63, 3.8) is 0 Å². The molecule has 0 saturated carbocycles. The second kappa shape index (κ2) is 12.5. The summed E-state index contributed by atoms with van der Waals surface area (Å²) in [6.07, 6.45) is -3.73. The molecule has 2 bridgehead atoms. The van der Waals surface area contributed by atoms with Gasteiger partial charge in [0.25, 0.3) is 5.91 Å². The first-order valence-electron chi connectivity index (χ1n) is 14.7. The molecule has 4 fully saturated rings. The van der Waals surface area contributed by atoms with Crippen LogP contribution in [0, 0.1) is 0 Å². The highest BCUT2D eigenvalue weighted by atomic mass is 16.5. The van der Waals surface area contributed by atoms with Crippen LogP contribution < -0.4 is 10.6 Å². The Morgan fingerprint density at radius 2 is 1.81 bits per heavy atom. The van der Waals surface area contributed by atoms with Crippen molar-refractivity contribution < 1.29 is 39.2 Å². The van der Waals surface area contributed by atoms with Gasteiger partial charge in [-0.1, -0.05) is 26.0 Å². The van der Waals surface area contributed by atoms with Gasteiger partial charge in [-0.05, 0) is 19.3 Å². The molecule has 5 rings (SSSR count). The molecule has 0 unspecified atom stereocenters. The van der Waals surface area contributed by atoms with Crippen LogP contribution in [-0.4, -0.2) is 146 Å². The summed E-state index contributed by atoms with van der Waals surface area (Å²) in [5, 5.41) is 46.5. The van der Waals surface area contributed by atoms with Gasteiger partial charge >= 0.3 is 0 Å². The maximum atomic E-state index is 13.8. The normalized spacial score (nSPS) is 33.7. The second-order valence-electron chi connectivity index (χ2n) is 12.6. The fourth-order valence-electron chi connectivity index (χ4n) is 6.07. The van der Waals surface area contributed by atoms with Crippen molar-refractivity contribution >= 4 is 17.7 Å². The smallest absolute Gasteiger partial charge is 0.255 e. The summed E-state index contributed by atoms with van der Waals surface area (Å²) in [6.45, 7) is 7.48. The molecular weight excluding hydrogens is 550 g/mol. The SMILES string of the molecule is CC(C)(C)c1cn([C@@H]2CCN3C(=O)CN(CCNC4CCOCC4)C(=O)[C@H]4O[C@@H](CNC(=O)[C@H]23)[C@H](O)[C@@H](O)[C@H]4O)nn1. The molecule has 5 heterocycles. The molecule has 5 N–H and O–H groups in total. The van der Waals surface area contributed by atoms with Gasteiger partial charge in [0, 0.05) is 57.0 Å². The van der Waals surface area contributed by atoms with E-state index in [4.69, 9.17) is 9.47 Å². The standard InChI is InChI=1S/C27H43N7O8/c1-27(2,3)18-13-34(31-30-18)16-4-8-33-19(35)14-32(9-7-28-15-5-10-41-11-6-15)26(40)24-23(38)22(37)21(36)17(42-24)12-29-25(39)20(16)33/h13,15-17,20-24,28,36-38H,4-12,14H2,1-3H3,(H,29,39)/t16-,17+,20+,21+,22-,23-,24+/m1/s1. The molecule has 3 amide bonds. The van der Waals surface area contributed by atoms with Crippen LogP contribution in [0.4, 0.5) is 0 Å². The number of carbonyl (C=O) groups excluding carboxylic acids is 3. The Morgan fingerprint density at radius 1 is 1.07 bits per heavy atom. The average Bonchev–Trinajstić information content (AvgIpc) is 3.63. The van der Waals surface area contributed by atoms with Crippen molar-refractivity contribution in [3.05, 3.63) is 11.9 Å². The lowest BCUT2D eigenvalue weighted by molar-refractivity contribution is -0.223. The van der Waals surface area contributed by atoms with Crippen LogP contribution >= 0.6 is 0 Å². The molecule has 15 heteroatoms. The Morgan fingerprint density at radius 3 is 2.50 bits per heavy atom. The number of rotatable bonds is 5. The van der Waals surface area contributed by atoms with E-state index in [0.717, 1.165) is 18.5 Å². The van der Waals surface area contributed by atoms with Crippen molar-refractivity contribution in [2.45, 2.75) is 94.1 Å². The number of fused-ring (bicyclic) bond motifs is 3. The van der Waals surface area contributed by atoms with Gasteiger partial charge in [0.1, 0.15) is 30.5 Å². The fraction of sp³-hybridized carbons (Fsp3) is 0.815. The number of ether oxygens (including phenoxy) is 2. The lowest BCUT2D eigenvalue weighted by Gasteiger charge is -2.42. The van der Waals surface area contributed by atoms with E-state index >= 15 is 0 Å². The van der Waals surface area contributed by atoms with Gasteiger partial charge in [0.15, 0.2) is 6.10 Å². The predicted octanol–water partition coefficient (Wildman–Crippen LogP) is -2.71. The summed E-state index contributed by atoms with van der Waals surface area (Å²) in [6, 6.07) is -1.24. The molecule has 0 aromatic carbocycles. The van der Waals surface area contributed by atoms with Gasteiger partial charge in [-0.3, -0.25) is 14.4 Å². The number of aliphatic hydroxyl groups excluding tert-OH is 3. The highest BCUT2D eigenvalue weighted by Crippen LogP contribution is 2.31. The van der Waals surface area contributed by atoms with E-state index in [9.17, 15) is 29.7 Å². The van der Waals surface area contributed by atoms with Crippen LogP contribution in [0.25, 0.3) is 0 Å². The first-order valence-corrected chi connectivity index (χ1v) is 14.7. The highest BCUT2D eigenvalue weighted by Gasteiger charge is 2.50. The molecule has 234 valence electrons. The number of nitrogens with zero attached hydrogens (tertiary/aromatic N) is 5. The zero-order valence-electron chi connectivity index (χ0n) is 24.4. The molecule has 42 heavy (non-hydrogen) atoms. The lowest BCUT2D eigenvalue weighted by atomic mass is 9.93. The van der Waals surface area contributed by atoms with Crippen LogP contribution in [-0.2, 0) is 29.3 Å². The van der Waals surface area contributed by atoms with E-state index in [0.29, 0.717) is 26.2 Å². The molecule has 15 nitrogen and oxygen atoms in total. The second-order valence-corrected chi connectivity index (χ2v) is 12.6. The minimum Gasteiger partial charge on any atom is -0.388 e. The number of hydrogen-bond donors (Lipinski definition) is 5. The maximum Gasteiger partial charge on any atom is 0.255 e. The largest absolute Gasteiger partial charge is 0.388 e. The number of aromatic nitrogens is 3. The van der Waals surface area contributed by atoms with E-state index in [-0.39, 0.29) is 37.6 Å². The number of aliphatic hydroxyl groups is 3. The third-order valence-corrected chi connectivity index (χ3v) is 8.68. The van der Waals surface area contributed by atoms with Gasteiger partial charge in [-0.2, -0.15) is 0 Å². The topological polar surface area (TPSA) is 192 Å². The summed E-state index contributed by atoms with van der Waals surface area (Å²) in [7, 11) is 0. The molecule has 1 aromatic rings. The summed E-state index contributed by atoms with van der Waals surface area (Å²) < 4.78 is 12.8. The van der Waals surface area contributed by atoms with Crippen molar-refractivity contribution in [3.8, 4) is 0 Å². The minimum atomic E-state index is -1.71. The Labute approximate surface area is 244 Å². The number of carbonyl (C=O) groups is 3. The van der Waals surface area contributed by atoms with Crippen LogP contribution in [0.3, 0.4) is 0 Å². The number of hydrogen-bond acceptors (Lipinski definition) is 11. The third kappa shape index (κ3) is 6.31. The number of amides is 3. The van der Waals surface area contributed by atoms with E-state index in [1.54, 1.807) is 10.9 Å². The Balaban J connectivity index is 1.41. The lowest BCUT2D eigenvalue weighted by Crippen LogP contribution is -2.65. The molecule has 4 aliphatic heterocycles. The first-order chi connectivity index (χ1) is 20.0. The number of nitrogens with one attached hydrogen (secondary N) is 2. The maximum absolute atomic E-state index is 13.8. The summed E-state index contributed by atoms with van der Waals surface area (Å²) in [4.78, 5) is 43.9. The summed E-state index contributed by atoms with van der Waals surface area (Å²) in [5.74, 6) is -1.59. The van der Waals surface area contributed by atoms with Crippen molar-refractivity contribution in [2.75, 3.05) is 45.9 Å². The average molecular weight is 594 g/mol. The molecule has 1 aromatic heterocycles. The molecule has 4 aliphatic rings. The fourth-order valence-corrected chi connectivity index (χ4v) is 6.07. The van der Waals surface area contributed by atoms with Crippen LogP contribution in [0.2, 0.25) is 0 Å². The van der Waals surface area contributed by atoms with Gasteiger partial charge in [-0.15, -0.1) is 5.10 Å². The minimum absolute atomic E-state index is 0.129.